The molecule has 0 unspecified atom stereocenters. The number of hydrogen-bond donors (Lipinski definition) is 2. The van der Waals surface area contributed by atoms with Gasteiger partial charge in [0.05, 0.1) is 0 Å². The maximum atomic E-state index is 6.01. The van der Waals surface area contributed by atoms with Crippen LogP contribution >= 0.6 is 0 Å². The van der Waals surface area contributed by atoms with Crippen molar-refractivity contribution in [1.29, 1.82) is 0 Å². The van der Waals surface area contributed by atoms with E-state index in [1.54, 1.807) is 4.90 Å². The first-order valence-electron chi connectivity index (χ1n) is 10.6. The number of fused-ring (bicyclic) bond motifs is 1. The number of aryl methyl sites for hydroxylation is 1. The normalized spacial score (nSPS) is 21.5. The summed E-state index contributed by atoms with van der Waals surface area (Å²) in [6, 6.07) is 14.7. The SMILES string of the molecule is Cc1ccc(-c2nnc([C@@H](C)[NH+]3CC[NH+](Cc4ccc5c(c4)OCO5)CC3)o2)cc1. The molecule has 0 bridgehead atoms. The zero-order chi connectivity index (χ0) is 20.5. The number of piperazine rings is 1. The molecule has 3 heterocycles. The Morgan fingerprint density at radius 2 is 1.70 bits per heavy atom. The predicted octanol–water partition coefficient (Wildman–Crippen LogP) is 0.818. The van der Waals surface area contributed by atoms with Crippen LogP contribution in [-0.2, 0) is 6.54 Å². The third kappa shape index (κ3) is 3.91. The van der Waals surface area contributed by atoms with Gasteiger partial charge in [0, 0.05) is 11.1 Å². The van der Waals surface area contributed by atoms with Gasteiger partial charge in [-0.2, -0.15) is 0 Å². The van der Waals surface area contributed by atoms with Crippen molar-refractivity contribution in [2.75, 3.05) is 33.0 Å². The van der Waals surface area contributed by atoms with E-state index in [1.165, 1.54) is 16.0 Å². The van der Waals surface area contributed by atoms with Crippen LogP contribution in [0.3, 0.4) is 0 Å². The van der Waals surface area contributed by atoms with Crippen LogP contribution < -0.4 is 19.3 Å². The minimum Gasteiger partial charge on any atom is -0.454 e. The van der Waals surface area contributed by atoms with Gasteiger partial charge in [-0.3, -0.25) is 0 Å². The predicted molar refractivity (Wildman–Crippen MR) is 111 cm³/mol. The molecule has 1 aromatic heterocycles. The van der Waals surface area contributed by atoms with E-state index in [4.69, 9.17) is 13.9 Å². The van der Waals surface area contributed by atoms with Crippen LogP contribution in [0, 0.1) is 6.92 Å². The Morgan fingerprint density at radius 1 is 0.933 bits per heavy atom. The summed E-state index contributed by atoms with van der Waals surface area (Å²) in [5.41, 5.74) is 3.49. The van der Waals surface area contributed by atoms with Gasteiger partial charge in [-0.1, -0.05) is 17.7 Å². The molecule has 1 fully saturated rings. The maximum Gasteiger partial charge on any atom is 0.274 e. The Kier molecular flexibility index (Phi) is 5.14. The molecule has 0 radical (unpaired) electrons. The minimum atomic E-state index is 0.198. The second-order valence-corrected chi connectivity index (χ2v) is 8.31. The number of rotatable bonds is 5. The van der Waals surface area contributed by atoms with Crippen molar-refractivity contribution in [2.45, 2.75) is 26.4 Å². The summed E-state index contributed by atoms with van der Waals surface area (Å²) < 4.78 is 16.9. The Balaban J connectivity index is 1.18. The van der Waals surface area contributed by atoms with Crippen LogP contribution in [0.5, 0.6) is 11.5 Å². The van der Waals surface area contributed by atoms with E-state index in [0.29, 0.717) is 12.7 Å². The first-order chi connectivity index (χ1) is 14.7. The van der Waals surface area contributed by atoms with Crippen molar-refractivity contribution in [3.8, 4) is 23.0 Å². The summed E-state index contributed by atoms with van der Waals surface area (Å²) >= 11 is 0. The molecule has 2 aliphatic heterocycles. The molecule has 2 aliphatic rings. The van der Waals surface area contributed by atoms with E-state index in [-0.39, 0.29) is 6.04 Å². The van der Waals surface area contributed by atoms with Gasteiger partial charge < -0.3 is 23.7 Å². The minimum absolute atomic E-state index is 0.198. The zero-order valence-electron chi connectivity index (χ0n) is 17.5. The van der Waals surface area contributed by atoms with Crippen molar-refractivity contribution in [3.63, 3.8) is 0 Å². The fourth-order valence-corrected chi connectivity index (χ4v) is 4.27. The van der Waals surface area contributed by atoms with Crippen molar-refractivity contribution < 1.29 is 23.7 Å². The summed E-state index contributed by atoms with van der Waals surface area (Å²) in [5.74, 6) is 3.04. The molecular weight excluding hydrogens is 380 g/mol. The molecule has 0 aliphatic carbocycles. The van der Waals surface area contributed by atoms with Crippen molar-refractivity contribution in [3.05, 3.63) is 59.5 Å². The van der Waals surface area contributed by atoms with Gasteiger partial charge in [0.25, 0.3) is 5.89 Å². The van der Waals surface area contributed by atoms with Crippen LogP contribution in [0.2, 0.25) is 0 Å². The Bertz CT molecular complexity index is 1010. The molecule has 7 nitrogen and oxygen atoms in total. The number of nitrogens with one attached hydrogen (secondary N) is 2. The molecule has 2 aromatic carbocycles. The smallest absolute Gasteiger partial charge is 0.274 e. The van der Waals surface area contributed by atoms with Gasteiger partial charge >= 0.3 is 0 Å². The van der Waals surface area contributed by atoms with Gasteiger partial charge in [0.15, 0.2) is 17.5 Å². The average Bonchev–Trinajstić information content (AvgIpc) is 3.44. The standard InChI is InChI=1S/C23H26N4O3/c1-16-3-6-19(7-4-16)23-25-24-22(30-23)17(2)27-11-9-26(10-12-27)14-18-5-8-20-21(13-18)29-15-28-20/h3-8,13,17H,9-12,14-15H2,1-2H3/p+2/t17-/m1/s1. The van der Waals surface area contributed by atoms with Crippen LogP contribution in [0.15, 0.2) is 46.9 Å². The molecule has 1 saturated heterocycles. The van der Waals surface area contributed by atoms with Crippen molar-refractivity contribution in [2.24, 2.45) is 0 Å². The third-order valence-corrected chi connectivity index (χ3v) is 6.21. The monoisotopic (exact) mass is 408 g/mol. The Labute approximate surface area is 176 Å². The fourth-order valence-electron chi connectivity index (χ4n) is 4.27. The highest BCUT2D eigenvalue weighted by Crippen LogP contribution is 2.32. The number of ether oxygens (including phenoxy) is 2. The second kappa shape index (κ2) is 8.08. The topological polar surface area (TPSA) is 66.3 Å². The summed E-state index contributed by atoms with van der Waals surface area (Å²) in [6.45, 7) is 10.0. The maximum absolute atomic E-state index is 6.01. The van der Waals surface area contributed by atoms with Gasteiger partial charge in [-0.25, -0.2) is 0 Å². The summed E-state index contributed by atoms with van der Waals surface area (Å²) in [5, 5.41) is 8.61. The fraction of sp³-hybridized carbons (Fsp3) is 0.391. The van der Waals surface area contributed by atoms with E-state index in [1.807, 2.05) is 18.2 Å². The highest BCUT2D eigenvalue weighted by molar-refractivity contribution is 5.52. The van der Waals surface area contributed by atoms with Crippen LogP contribution in [-0.4, -0.2) is 43.2 Å². The summed E-state index contributed by atoms with van der Waals surface area (Å²) in [4.78, 5) is 3.10. The van der Waals surface area contributed by atoms with Gasteiger partial charge in [-0.15, -0.1) is 10.2 Å². The highest BCUT2D eigenvalue weighted by atomic mass is 16.7. The molecule has 3 aromatic rings. The lowest BCUT2D eigenvalue weighted by Crippen LogP contribution is -3.27. The van der Waals surface area contributed by atoms with E-state index in [2.05, 4.69) is 48.3 Å². The number of nitrogens with zero attached hydrogens (tertiary/aromatic N) is 2. The third-order valence-electron chi connectivity index (χ3n) is 6.21. The average molecular weight is 409 g/mol. The zero-order valence-corrected chi connectivity index (χ0v) is 17.5. The number of quaternary nitrogens is 2. The second-order valence-electron chi connectivity index (χ2n) is 8.31. The number of aromatic nitrogens is 2. The van der Waals surface area contributed by atoms with E-state index in [9.17, 15) is 0 Å². The molecular formula is C23H28N4O3+2. The first-order valence-corrected chi connectivity index (χ1v) is 10.6. The largest absolute Gasteiger partial charge is 0.454 e. The molecule has 0 saturated carbocycles. The van der Waals surface area contributed by atoms with E-state index < -0.39 is 0 Å². The molecule has 2 N–H and O–H groups in total. The quantitative estimate of drug-likeness (QED) is 0.654. The van der Waals surface area contributed by atoms with Gasteiger partial charge in [0.1, 0.15) is 32.7 Å². The van der Waals surface area contributed by atoms with Crippen molar-refractivity contribution >= 4 is 0 Å². The molecule has 7 heteroatoms. The number of benzene rings is 2. The lowest BCUT2D eigenvalue weighted by Gasteiger charge is -2.32. The van der Waals surface area contributed by atoms with Gasteiger partial charge in [0.2, 0.25) is 12.7 Å². The van der Waals surface area contributed by atoms with Gasteiger partial charge in [-0.05, 0) is 44.2 Å². The van der Waals surface area contributed by atoms with Crippen LogP contribution in [0.25, 0.3) is 11.5 Å². The lowest BCUT2D eigenvalue weighted by molar-refractivity contribution is -1.03. The number of hydrogen-bond acceptors (Lipinski definition) is 5. The van der Waals surface area contributed by atoms with Crippen LogP contribution in [0.4, 0.5) is 0 Å². The van der Waals surface area contributed by atoms with E-state index >= 15 is 0 Å². The molecule has 1 atom stereocenters. The van der Waals surface area contributed by atoms with E-state index in [0.717, 1.165) is 55.7 Å². The molecule has 156 valence electrons. The summed E-state index contributed by atoms with van der Waals surface area (Å²) in [7, 11) is 0. The highest BCUT2D eigenvalue weighted by Gasteiger charge is 2.31. The molecule has 30 heavy (non-hydrogen) atoms. The molecule has 0 spiro atoms. The van der Waals surface area contributed by atoms with Crippen molar-refractivity contribution in [1.82, 2.24) is 10.2 Å². The Morgan fingerprint density at radius 3 is 2.50 bits per heavy atom. The first kappa shape index (κ1) is 19.1. The lowest BCUT2D eigenvalue weighted by atomic mass is 10.1. The Hall–Kier alpha value is -2.90. The van der Waals surface area contributed by atoms with Crippen LogP contribution in [0.1, 0.15) is 30.0 Å². The molecule has 5 rings (SSSR count). The molecule has 0 amide bonds. The summed E-state index contributed by atoms with van der Waals surface area (Å²) in [6.07, 6.45) is 0.